The molecule has 1 aliphatic carbocycles. The molecule has 0 heterocycles. The summed E-state index contributed by atoms with van der Waals surface area (Å²) in [6.07, 6.45) is 1.89. The minimum atomic E-state index is -0.256. The van der Waals surface area contributed by atoms with Crippen LogP contribution in [0, 0.1) is 0 Å². The topological polar surface area (TPSA) is 70.4 Å². The number of nitrogen functional groups attached to an aromatic ring is 1. The fourth-order valence-corrected chi connectivity index (χ4v) is 2.17. The summed E-state index contributed by atoms with van der Waals surface area (Å²) in [5.41, 5.74) is 7.50. The van der Waals surface area contributed by atoms with Gasteiger partial charge in [-0.25, -0.2) is 4.79 Å². The fourth-order valence-electron chi connectivity index (χ4n) is 2.17. The van der Waals surface area contributed by atoms with Crippen LogP contribution in [-0.4, -0.2) is 38.1 Å². The summed E-state index contributed by atoms with van der Waals surface area (Å²) < 4.78 is 0. The van der Waals surface area contributed by atoms with E-state index in [9.17, 15) is 4.79 Å². The lowest BCUT2D eigenvalue weighted by molar-refractivity contribution is 0.234. The molecule has 0 bridgehead atoms. The van der Waals surface area contributed by atoms with Crippen molar-refractivity contribution in [3.63, 3.8) is 0 Å². The van der Waals surface area contributed by atoms with Gasteiger partial charge in [-0.1, -0.05) is 18.2 Å². The van der Waals surface area contributed by atoms with E-state index in [0.29, 0.717) is 6.54 Å². The highest BCUT2D eigenvalue weighted by molar-refractivity contribution is 5.76. The van der Waals surface area contributed by atoms with E-state index in [1.807, 2.05) is 43.3 Å². The standard InChI is InChI=1S/C14H22N4O/c1-18(2)10-9-16-13(19)17-14(7-8-14)11-5-3-4-6-12(11)15/h3-6H,7-10,15H2,1-2H3,(H2,16,17,19). The zero-order valence-electron chi connectivity index (χ0n) is 11.6. The second-order valence-corrected chi connectivity index (χ2v) is 5.35. The van der Waals surface area contributed by atoms with Crippen LogP contribution in [0.4, 0.5) is 10.5 Å². The maximum absolute atomic E-state index is 11.9. The highest BCUT2D eigenvalue weighted by Crippen LogP contribution is 2.47. The Morgan fingerprint density at radius 2 is 2.05 bits per heavy atom. The largest absolute Gasteiger partial charge is 0.398 e. The third-order valence-corrected chi connectivity index (χ3v) is 3.42. The van der Waals surface area contributed by atoms with Crippen molar-refractivity contribution in [2.45, 2.75) is 18.4 Å². The first kappa shape index (κ1) is 13.7. The number of para-hydroxylation sites is 1. The Hall–Kier alpha value is -1.75. The average Bonchev–Trinajstić information content (AvgIpc) is 3.09. The number of nitrogens with two attached hydrogens (primary N) is 1. The van der Waals surface area contributed by atoms with Crippen molar-refractivity contribution in [1.82, 2.24) is 15.5 Å². The Morgan fingerprint density at radius 3 is 2.63 bits per heavy atom. The number of likely N-dealkylation sites (N-methyl/N-ethyl adjacent to an activating group) is 1. The number of amides is 2. The lowest BCUT2D eigenvalue weighted by atomic mass is 10.0. The van der Waals surface area contributed by atoms with Gasteiger partial charge in [0.2, 0.25) is 0 Å². The van der Waals surface area contributed by atoms with Crippen molar-refractivity contribution in [2.75, 3.05) is 32.9 Å². The third kappa shape index (κ3) is 3.38. The van der Waals surface area contributed by atoms with Gasteiger partial charge >= 0.3 is 6.03 Å². The van der Waals surface area contributed by atoms with Crippen LogP contribution in [0.25, 0.3) is 0 Å². The SMILES string of the molecule is CN(C)CCNC(=O)NC1(c2ccccc2N)CC1. The minimum Gasteiger partial charge on any atom is -0.398 e. The number of urea groups is 1. The van der Waals surface area contributed by atoms with Gasteiger partial charge in [0, 0.05) is 24.3 Å². The first-order chi connectivity index (χ1) is 9.03. The summed E-state index contributed by atoms with van der Waals surface area (Å²) in [5, 5.41) is 5.92. The Morgan fingerprint density at radius 1 is 1.37 bits per heavy atom. The van der Waals surface area contributed by atoms with Crippen LogP contribution in [0.1, 0.15) is 18.4 Å². The van der Waals surface area contributed by atoms with E-state index in [0.717, 1.165) is 30.6 Å². The number of carbonyl (C=O) groups is 1. The van der Waals surface area contributed by atoms with Crippen molar-refractivity contribution in [2.24, 2.45) is 0 Å². The molecule has 1 aromatic rings. The molecule has 1 aliphatic rings. The first-order valence-electron chi connectivity index (χ1n) is 6.59. The molecule has 5 heteroatoms. The summed E-state index contributed by atoms with van der Waals surface area (Å²) >= 11 is 0. The molecule has 4 N–H and O–H groups in total. The third-order valence-electron chi connectivity index (χ3n) is 3.42. The van der Waals surface area contributed by atoms with Crippen LogP contribution in [0.2, 0.25) is 0 Å². The quantitative estimate of drug-likeness (QED) is 0.696. The molecular weight excluding hydrogens is 240 g/mol. The molecular formula is C14H22N4O. The molecule has 0 aliphatic heterocycles. The van der Waals surface area contributed by atoms with Crippen LogP contribution in [0.15, 0.2) is 24.3 Å². The van der Waals surface area contributed by atoms with Crippen LogP contribution in [-0.2, 0) is 5.54 Å². The molecule has 0 unspecified atom stereocenters. The molecule has 0 saturated heterocycles. The van der Waals surface area contributed by atoms with Crippen molar-refractivity contribution in [1.29, 1.82) is 0 Å². The molecule has 5 nitrogen and oxygen atoms in total. The van der Waals surface area contributed by atoms with Crippen molar-refractivity contribution >= 4 is 11.7 Å². The monoisotopic (exact) mass is 262 g/mol. The van der Waals surface area contributed by atoms with Crippen molar-refractivity contribution < 1.29 is 4.79 Å². The van der Waals surface area contributed by atoms with E-state index < -0.39 is 0 Å². The predicted octanol–water partition coefficient (Wildman–Crippen LogP) is 1.12. The van der Waals surface area contributed by atoms with Gasteiger partial charge in [0.05, 0.1) is 5.54 Å². The zero-order valence-corrected chi connectivity index (χ0v) is 11.6. The molecule has 1 aromatic carbocycles. The Labute approximate surface area is 114 Å². The molecule has 1 saturated carbocycles. The van der Waals surface area contributed by atoms with Gasteiger partial charge < -0.3 is 21.3 Å². The first-order valence-corrected chi connectivity index (χ1v) is 6.59. The lowest BCUT2D eigenvalue weighted by Crippen LogP contribution is -2.44. The Balaban J connectivity index is 1.92. The molecule has 19 heavy (non-hydrogen) atoms. The number of hydrogen-bond acceptors (Lipinski definition) is 3. The average molecular weight is 262 g/mol. The summed E-state index contributed by atoms with van der Waals surface area (Å²) in [4.78, 5) is 13.9. The van der Waals surface area contributed by atoms with Gasteiger partial charge in [-0.2, -0.15) is 0 Å². The zero-order chi connectivity index (χ0) is 13.9. The highest BCUT2D eigenvalue weighted by atomic mass is 16.2. The molecule has 0 aromatic heterocycles. The van der Waals surface area contributed by atoms with Crippen LogP contribution >= 0.6 is 0 Å². The fraction of sp³-hybridized carbons (Fsp3) is 0.500. The molecule has 0 radical (unpaired) electrons. The molecule has 1 fully saturated rings. The van der Waals surface area contributed by atoms with Gasteiger partial charge in [0.15, 0.2) is 0 Å². The van der Waals surface area contributed by atoms with E-state index in [-0.39, 0.29) is 11.6 Å². The van der Waals surface area contributed by atoms with Gasteiger partial charge in [-0.05, 0) is 33.0 Å². The van der Waals surface area contributed by atoms with E-state index in [4.69, 9.17) is 5.73 Å². The van der Waals surface area contributed by atoms with Crippen LogP contribution in [0.3, 0.4) is 0 Å². The number of nitrogens with one attached hydrogen (secondary N) is 2. The van der Waals surface area contributed by atoms with Gasteiger partial charge in [0.1, 0.15) is 0 Å². The second-order valence-electron chi connectivity index (χ2n) is 5.35. The van der Waals surface area contributed by atoms with Gasteiger partial charge in [0.25, 0.3) is 0 Å². The number of rotatable bonds is 5. The second kappa shape index (κ2) is 5.48. The van der Waals surface area contributed by atoms with Crippen LogP contribution in [0.5, 0.6) is 0 Å². The summed E-state index contributed by atoms with van der Waals surface area (Å²) in [7, 11) is 3.96. The van der Waals surface area contributed by atoms with E-state index in [2.05, 4.69) is 10.6 Å². The summed E-state index contributed by atoms with van der Waals surface area (Å²) in [6, 6.07) is 7.61. The number of benzene rings is 1. The Kier molecular flexibility index (Phi) is 3.95. The maximum atomic E-state index is 11.9. The smallest absolute Gasteiger partial charge is 0.315 e. The number of anilines is 1. The molecule has 0 atom stereocenters. The number of nitrogens with zero attached hydrogens (tertiary/aromatic N) is 1. The van der Waals surface area contributed by atoms with Gasteiger partial charge in [-0.15, -0.1) is 0 Å². The highest BCUT2D eigenvalue weighted by Gasteiger charge is 2.46. The minimum absolute atomic E-state index is 0.123. The number of carbonyl (C=O) groups excluding carboxylic acids is 1. The molecule has 2 rings (SSSR count). The summed E-state index contributed by atoms with van der Waals surface area (Å²) in [5.74, 6) is 0. The van der Waals surface area contributed by atoms with Crippen LogP contribution < -0.4 is 16.4 Å². The summed E-state index contributed by atoms with van der Waals surface area (Å²) in [6.45, 7) is 1.47. The predicted molar refractivity (Wildman–Crippen MR) is 76.9 cm³/mol. The van der Waals surface area contributed by atoms with Crippen molar-refractivity contribution in [3.8, 4) is 0 Å². The van der Waals surface area contributed by atoms with Gasteiger partial charge in [-0.3, -0.25) is 0 Å². The van der Waals surface area contributed by atoms with Crippen molar-refractivity contribution in [3.05, 3.63) is 29.8 Å². The normalized spacial score (nSPS) is 16.2. The molecule has 2 amide bonds. The lowest BCUT2D eigenvalue weighted by Gasteiger charge is -2.20. The maximum Gasteiger partial charge on any atom is 0.315 e. The molecule has 0 spiro atoms. The Bertz CT molecular complexity index is 455. The van der Waals surface area contributed by atoms with E-state index in [1.165, 1.54) is 0 Å². The van der Waals surface area contributed by atoms with E-state index >= 15 is 0 Å². The molecule has 104 valence electrons. The number of hydrogen-bond donors (Lipinski definition) is 3. The van der Waals surface area contributed by atoms with E-state index in [1.54, 1.807) is 0 Å².